The Morgan fingerprint density at radius 1 is 1.04 bits per heavy atom. The van der Waals surface area contributed by atoms with E-state index in [0.717, 1.165) is 24.4 Å². The molecular formula is C17H9F4NO3. The quantitative estimate of drug-likeness (QED) is 0.561. The van der Waals surface area contributed by atoms with Gasteiger partial charge in [0.1, 0.15) is 17.2 Å². The van der Waals surface area contributed by atoms with Gasteiger partial charge in [0, 0.05) is 23.6 Å². The van der Waals surface area contributed by atoms with Gasteiger partial charge in [0.25, 0.3) is 0 Å². The van der Waals surface area contributed by atoms with Gasteiger partial charge in [-0.25, -0.2) is 22.4 Å². The summed E-state index contributed by atoms with van der Waals surface area (Å²) < 4.78 is 54.9. The molecule has 0 unspecified atom stereocenters. The Balaban J connectivity index is 2.19. The van der Waals surface area contributed by atoms with Crippen molar-refractivity contribution in [1.29, 1.82) is 0 Å². The predicted molar refractivity (Wildman–Crippen MR) is 80.6 cm³/mol. The minimum Gasteiger partial charge on any atom is -0.477 e. The molecule has 3 rings (SSSR count). The normalized spacial score (nSPS) is 11.0. The summed E-state index contributed by atoms with van der Waals surface area (Å²) in [4.78, 5) is 25.5. The molecule has 4 nitrogen and oxygen atoms in total. The van der Waals surface area contributed by atoms with Gasteiger partial charge in [0.2, 0.25) is 5.43 Å². The van der Waals surface area contributed by atoms with Crippen LogP contribution in [0.3, 0.4) is 0 Å². The highest BCUT2D eigenvalue weighted by molar-refractivity contribution is 5.92. The first kappa shape index (κ1) is 16.7. The Morgan fingerprint density at radius 3 is 2.40 bits per heavy atom. The number of nitrogens with one attached hydrogen (secondary N) is 1. The highest BCUT2D eigenvalue weighted by Gasteiger charge is 2.18. The average Bonchev–Trinajstić information content (AvgIpc) is 2.56. The molecule has 2 aromatic carbocycles. The first-order valence-electron chi connectivity index (χ1n) is 6.99. The van der Waals surface area contributed by atoms with E-state index < -0.39 is 52.2 Å². The number of aromatic nitrogens is 1. The molecule has 0 amide bonds. The van der Waals surface area contributed by atoms with Crippen LogP contribution in [0.2, 0.25) is 0 Å². The number of rotatable bonds is 3. The molecular weight excluding hydrogens is 342 g/mol. The van der Waals surface area contributed by atoms with E-state index in [-0.39, 0.29) is 16.5 Å². The molecule has 0 saturated carbocycles. The predicted octanol–water partition coefficient (Wildman–Crippen LogP) is 3.37. The molecule has 0 saturated heterocycles. The maximum Gasteiger partial charge on any atom is 0.341 e. The number of aromatic amines is 1. The summed E-state index contributed by atoms with van der Waals surface area (Å²) in [6, 6.07) is 3.41. The third kappa shape index (κ3) is 2.86. The SMILES string of the molecule is O=C(O)c1c[nH]c2c(F)cc(Cc3c(F)ccc(F)c3F)cc2c1=O. The van der Waals surface area contributed by atoms with Crippen molar-refractivity contribution in [1.82, 2.24) is 4.98 Å². The highest BCUT2D eigenvalue weighted by Crippen LogP contribution is 2.22. The minimum absolute atomic E-state index is 0.0126. The summed E-state index contributed by atoms with van der Waals surface area (Å²) in [5.74, 6) is -6.10. The first-order valence-corrected chi connectivity index (χ1v) is 6.99. The lowest BCUT2D eigenvalue weighted by molar-refractivity contribution is 0.0695. The summed E-state index contributed by atoms with van der Waals surface area (Å²) in [7, 11) is 0. The van der Waals surface area contributed by atoms with Gasteiger partial charge in [-0.2, -0.15) is 0 Å². The fourth-order valence-electron chi connectivity index (χ4n) is 2.54. The number of carbonyl (C=O) groups is 1. The molecule has 0 aliphatic carbocycles. The van der Waals surface area contributed by atoms with Crippen molar-refractivity contribution in [2.45, 2.75) is 6.42 Å². The molecule has 1 heterocycles. The van der Waals surface area contributed by atoms with E-state index in [1.807, 2.05) is 0 Å². The van der Waals surface area contributed by atoms with Crippen molar-refractivity contribution in [3.63, 3.8) is 0 Å². The third-order valence-electron chi connectivity index (χ3n) is 3.75. The van der Waals surface area contributed by atoms with Crippen LogP contribution in [-0.2, 0) is 6.42 Å². The topological polar surface area (TPSA) is 70.2 Å². The summed E-state index contributed by atoms with van der Waals surface area (Å²) in [6.07, 6.45) is 0.348. The van der Waals surface area contributed by atoms with Crippen molar-refractivity contribution < 1.29 is 27.5 Å². The van der Waals surface area contributed by atoms with Gasteiger partial charge in [0.15, 0.2) is 11.6 Å². The van der Waals surface area contributed by atoms with E-state index >= 15 is 0 Å². The summed E-state index contributed by atoms with van der Waals surface area (Å²) in [5, 5.41) is 8.66. The standard InChI is InChI=1S/C17H9F4NO3/c18-11-1-2-12(19)14(21)8(11)3-7-4-9-15(13(20)5-7)22-6-10(16(9)23)17(24)25/h1-2,4-6H,3H2,(H,22,23)(H,24,25). The van der Waals surface area contributed by atoms with Crippen LogP contribution in [0.25, 0.3) is 10.9 Å². The van der Waals surface area contributed by atoms with Crippen LogP contribution in [0.4, 0.5) is 17.6 Å². The maximum absolute atomic E-state index is 14.2. The Labute approximate surface area is 137 Å². The number of H-pyrrole nitrogens is 1. The van der Waals surface area contributed by atoms with E-state index in [2.05, 4.69) is 4.98 Å². The third-order valence-corrected chi connectivity index (χ3v) is 3.75. The molecule has 8 heteroatoms. The van der Waals surface area contributed by atoms with E-state index in [4.69, 9.17) is 5.11 Å². The largest absolute Gasteiger partial charge is 0.477 e. The first-order chi connectivity index (χ1) is 11.8. The monoisotopic (exact) mass is 351 g/mol. The zero-order valence-corrected chi connectivity index (χ0v) is 12.4. The van der Waals surface area contributed by atoms with Gasteiger partial charge in [-0.15, -0.1) is 0 Å². The number of hydrogen-bond donors (Lipinski definition) is 2. The lowest BCUT2D eigenvalue weighted by Gasteiger charge is -2.08. The van der Waals surface area contributed by atoms with E-state index in [1.165, 1.54) is 0 Å². The Hall–Kier alpha value is -3.16. The smallest absolute Gasteiger partial charge is 0.341 e. The average molecular weight is 351 g/mol. The molecule has 0 atom stereocenters. The number of fused-ring (bicyclic) bond motifs is 1. The number of carboxylic acids is 1. The second-order valence-electron chi connectivity index (χ2n) is 5.34. The summed E-state index contributed by atoms with van der Waals surface area (Å²) in [5.41, 5.74) is -2.42. The maximum atomic E-state index is 14.2. The van der Waals surface area contributed by atoms with Crippen molar-refractivity contribution >= 4 is 16.9 Å². The van der Waals surface area contributed by atoms with E-state index in [1.54, 1.807) is 0 Å². The van der Waals surface area contributed by atoms with Crippen LogP contribution in [0.1, 0.15) is 21.5 Å². The Morgan fingerprint density at radius 2 is 1.72 bits per heavy atom. The van der Waals surface area contributed by atoms with E-state index in [9.17, 15) is 27.2 Å². The number of carboxylic acid groups (broad SMARTS) is 1. The van der Waals surface area contributed by atoms with Gasteiger partial charge in [0.05, 0.1) is 5.52 Å². The van der Waals surface area contributed by atoms with Crippen molar-refractivity contribution in [3.05, 3.63) is 80.6 Å². The minimum atomic E-state index is -1.50. The number of aromatic carboxylic acids is 1. The number of halogens is 4. The second-order valence-corrected chi connectivity index (χ2v) is 5.34. The highest BCUT2D eigenvalue weighted by atomic mass is 19.2. The van der Waals surface area contributed by atoms with Crippen LogP contribution < -0.4 is 5.43 Å². The van der Waals surface area contributed by atoms with Crippen LogP contribution in [-0.4, -0.2) is 16.1 Å². The van der Waals surface area contributed by atoms with Crippen LogP contribution in [0.5, 0.6) is 0 Å². The van der Waals surface area contributed by atoms with Gasteiger partial charge >= 0.3 is 5.97 Å². The number of pyridine rings is 1. The molecule has 0 aliphatic heterocycles. The lowest BCUT2D eigenvalue weighted by atomic mass is 10.0. The van der Waals surface area contributed by atoms with Crippen LogP contribution >= 0.6 is 0 Å². The van der Waals surface area contributed by atoms with Gasteiger partial charge in [-0.05, 0) is 29.8 Å². The Bertz CT molecular complexity index is 1080. The molecule has 0 aliphatic rings. The van der Waals surface area contributed by atoms with Gasteiger partial charge in [-0.3, -0.25) is 4.79 Å². The van der Waals surface area contributed by atoms with Crippen LogP contribution in [0, 0.1) is 23.3 Å². The number of hydrogen-bond acceptors (Lipinski definition) is 2. The molecule has 128 valence electrons. The van der Waals surface area contributed by atoms with E-state index in [0.29, 0.717) is 6.07 Å². The molecule has 3 aromatic rings. The summed E-state index contributed by atoms with van der Waals surface area (Å²) in [6.45, 7) is 0. The fraction of sp³-hybridized carbons (Fsp3) is 0.0588. The molecule has 25 heavy (non-hydrogen) atoms. The Kier molecular flexibility index (Phi) is 4.03. The zero-order valence-electron chi connectivity index (χ0n) is 12.4. The van der Waals surface area contributed by atoms with Crippen LogP contribution in [0.15, 0.2) is 35.3 Å². The van der Waals surface area contributed by atoms with Gasteiger partial charge < -0.3 is 10.1 Å². The summed E-state index contributed by atoms with van der Waals surface area (Å²) >= 11 is 0. The van der Waals surface area contributed by atoms with Gasteiger partial charge in [-0.1, -0.05) is 0 Å². The van der Waals surface area contributed by atoms with Crippen molar-refractivity contribution in [2.75, 3.05) is 0 Å². The molecule has 0 radical (unpaired) electrons. The molecule has 0 fully saturated rings. The molecule has 0 bridgehead atoms. The fourth-order valence-corrected chi connectivity index (χ4v) is 2.54. The molecule has 2 N–H and O–H groups in total. The second kappa shape index (κ2) is 6.04. The zero-order chi connectivity index (χ0) is 18.3. The van der Waals surface area contributed by atoms with Crippen molar-refractivity contribution in [3.8, 4) is 0 Å². The lowest BCUT2D eigenvalue weighted by Crippen LogP contribution is -2.16. The molecule has 0 spiro atoms. The molecule has 1 aromatic heterocycles. The number of benzene rings is 2. The van der Waals surface area contributed by atoms with Crippen molar-refractivity contribution in [2.24, 2.45) is 0 Å².